The predicted octanol–water partition coefficient (Wildman–Crippen LogP) is 2.79. The van der Waals surface area contributed by atoms with E-state index >= 15 is 0 Å². The molecule has 5 aliphatic rings. The van der Waals surface area contributed by atoms with Crippen molar-refractivity contribution in [1.29, 1.82) is 0 Å². The lowest BCUT2D eigenvalue weighted by Gasteiger charge is -2.59. The van der Waals surface area contributed by atoms with Gasteiger partial charge in [0, 0.05) is 26.2 Å². The van der Waals surface area contributed by atoms with Crippen molar-refractivity contribution in [2.24, 2.45) is 28.6 Å². The number of hydrogen-bond acceptors (Lipinski definition) is 2. The second kappa shape index (κ2) is 4.46. The quantitative estimate of drug-likeness (QED) is 0.799. The molecule has 4 aliphatic carbocycles. The largest absolute Gasteiger partial charge is 0.315 e. The van der Waals surface area contributed by atoms with Crippen molar-refractivity contribution in [3.05, 3.63) is 0 Å². The van der Waals surface area contributed by atoms with Gasteiger partial charge < -0.3 is 10.6 Å². The normalized spacial score (nSPS) is 48.2. The van der Waals surface area contributed by atoms with Crippen LogP contribution in [-0.4, -0.2) is 26.2 Å². The molecule has 1 heterocycles. The summed E-state index contributed by atoms with van der Waals surface area (Å²) < 4.78 is 0. The molecule has 0 aromatic heterocycles. The maximum Gasteiger partial charge on any atom is 0.00769 e. The molecule has 0 unspecified atom stereocenters. The summed E-state index contributed by atoms with van der Waals surface area (Å²) in [5, 5.41) is 7.32. The van der Waals surface area contributed by atoms with Gasteiger partial charge in [0.05, 0.1) is 0 Å². The molecule has 4 bridgehead atoms. The minimum absolute atomic E-state index is 0.488. The topological polar surface area (TPSA) is 24.1 Å². The molecule has 0 amide bonds. The van der Waals surface area contributed by atoms with Crippen LogP contribution in [0, 0.1) is 28.6 Å². The van der Waals surface area contributed by atoms with E-state index in [9.17, 15) is 0 Å². The van der Waals surface area contributed by atoms with Crippen LogP contribution in [0.5, 0.6) is 0 Å². The van der Waals surface area contributed by atoms with Gasteiger partial charge in [-0.05, 0) is 73.5 Å². The lowest BCUT2D eigenvalue weighted by Crippen LogP contribution is -2.50. The van der Waals surface area contributed by atoms with E-state index in [1.54, 1.807) is 38.5 Å². The fraction of sp³-hybridized carbons (Fsp3) is 1.00. The average Bonchev–Trinajstić information content (AvgIpc) is 2.51. The van der Waals surface area contributed by atoms with Gasteiger partial charge in [-0.1, -0.05) is 6.92 Å². The van der Waals surface area contributed by atoms with Gasteiger partial charge >= 0.3 is 0 Å². The zero-order valence-corrected chi connectivity index (χ0v) is 12.5. The summed E-state index contributed by atoms with van der Waals surface area (Å²) in [5.74, 6) is 3.30. The van der Waals surface area contributed by atoms with E-state index in [0.717, 1.165) is 36.3 Å². The van der Waals surface area contributed by atoms with Crippen LogP contribution in [0.3, 0.4) is 0 Å². The fourth-order valence-electron chi connectivity index (χ4n) is 6.56. The van der Waals surface area contributed by atoms with Crippen molar-refractivity contribution in [3.8, 4) is 0 Å². The maximum absolute atomic E-state index is 3.66. The molecule has 0 spiro atoms. The lowest BCUT2D eigenvalue weighted by molar-refractivity contribution is -0.0752. The molecule has 0 radical (unpaired) electrons. The molecular weight excluding hydrogens is 232 g/mol. The van der Waals surface area contributed by atoms with Gasteiger partial charge in [0.1, 0.15) is 0 Å². The van der Waals surface area contributed by atoms with Gasteiger partial charge in [-0.15, -0.1) is 0 Å². The van der Waals surface area contributed by atoms with Crippen LogP contribution in [0.15, 0.2) is 0 Å². The van der Waals surface area contributed by atoms with Crippen LogP contribution in [0.2, 0.25) is 0 Å². The third kappa shape index (κ3) is 2.35. The van der Waals surface area contributed by atoms with Crippen LogP contribution in [-0.2, 0) is 0 Å². The third-order valence-electron chi connectivity index (χ3n) is 6.55. The predicted molar refractivity (Wildman–Crippen MR) is 79.1 cm³/mol. The monoisotopic (exact) mass is 262 g/mol. The molecule has 108 valence electrons. The highest BCUT2D eigenvalue weighted by atomic mass is 15.0. The highest BCUT2D eigenvalue weighted by molar-refractivity contribution is 5.04. The van der Waals surface area contributed by atoms with Crippen molar-refractivity contribution >= 4 is 0 Å². The maximum atomic E-state index is 3.66. The molecule has 2 nitrogen and oxygen atoms in total. The van der Waals surface area contributed by atoms with Crippen molar-refractivity contribution in [1.82, 2.24) is 10.6 Å². The first-order chi connectivity index (χ1) is 9.15. The van der Waals surface area contributed by atoms with Crippen LogP contribution in [0.1, 0.15) is 51.9 Å². The Morgan fingerprint density at radius 3 is 1.79 bits per heavy atom. The zero-order valence-electron chi connectivity index (χ0n) is 12.5. The Balaban J connectivity index is 1.52. The van der Waals surface area contributed by atoms with Crippen LogP contribution in [0.4, 0.5) is 0 Å². The smallest absolute Gasteiger partial charge is 0.00769 e. The molecule has 2 N–H and O–H groups in total. The Hall–Kier alpha value is -0.0800. The Labute approximate surface area is 118 Å². The summed E-state index contributed by atoms with van der Waals surface area (Å²) in [6.07, 6.45) is 10.9. The van der Waals surface area contributed by atoms with Gasteiger partial charge in [-0.25, -0.2) is 0 Å². The van der Waals surface area contributed by atoms with Gasteiger partial charge in [0.25, 0.3) is 0 Å². The van der Waals surface area contributed by atoms with Crippen LogP contribution < -0.4 is 10.6 Å². The Morgan fingerprint density at radius 2 is 1.32 bits per heavy atom. The minimum Gasteiger partial charge on any atom is -0.315 e. The summed E-state index contributed by atoms with van der Waals surface area (Å²) in [5.41, 5.74) is 1.22. The van der Waals surface area contributed by atoms with Gasteiger partial charge in [-0.3, -0.25) is 0 Å². The summed E-state index contributed by atoms with van der Waals surface area (Å²) in [6.45, 7) is 7.27. The number of nitrogens with one attached hydrogen (secondary N) is 2. The molecule has 19 heavy (non-hydrogen) atoms. The van der Waals surface area contributed by atoms with Crippen molar-refractivity contribution in [3.63, 3.8) is 0 Å². The van der Waals surface area contributed by atoms with E-state index in [2.05, 4.69) is 17.6 Å². The molecule has 0 atom stereocenters. The second-order valence-corrected chi connectivity index (χ2v) is 8.76. The van der Waals surface area contributed by atoms with E-state index < -0.39 is 0 Å². The SMILES string of the molecule is CC1(CC23CC4CC(CC(C4)C2)C3)CNCCNC1. The molecule has 1 aliphatic heterocycles. The Kier molecular flexibility index (Phi) is 2.97. The first kappa shape index (κ1) is 12.6. The first-order valence-corrected chi connectivity index (χ1v) is 8.56. The van der Waals surface area contributed by atoms with E-state index in [0.29, 0.717) is 5.41 Å². The van der Waals surface area contributed by atoms with Crippen LogP contribution in [0.25, 0.3) is 0 Å². The molecule has 0 aromatic rings. The van der Waals surface area contributed by atoms with E-state index in [4.69, 9.17) is 0 Å². The van der Waals surface area contributed by atoms with Gasteiger partial charge in [0.2, 0.25) is 0 Å². The standard InChI is InChI=1S/C17H30N2/c1-16(11-18-2-3-19-12-16)10-17-7-13-4-14(8-17)6-15(5-13)9-17/h13-15,18-19H,2-12H2,1H3. The summed E-state index contributed by atoms with van der Waals surface area (Å²) >= 11 is 0. The van der Waals surface area contributed by atoms with Crippen molar-refractivity contribution in [2.75, 3.05) is 26.2 Å². The highest BCUT2D eigenvalue weighted by Crippen LogP contribution is 2.62. The molecule has 5 fully saturated rings. The second-order valence-electron chi connectivity index (χ2n) is 8.76. The summed E-state index contributed by atoms with van der Waals surface area (Å²) in [7, 11) is 0. The highest BCUT2D eigenvalue weighted by Gasteiger charge is 2.52. The van der Waals surface area contributed by atoms with E-state index in [-0.39, 0.29) is 0 Å². The molecule has 2 heteroatoms. The molecule has 4 saturated carbocycles. The van der Waals surface area contributed by atoms with Gasteiger partial charge in [0.15, 0.2) is 0 Å². The van der Waals surface area contributed by atoms with Crippen molar-refractivity contribution < 1.29 is 0 Å². The summed E-state index contributed by atoms with van der Waals surface area (Å²) in [6, 6.07) is 0. The molecule has 0 aromatic carbocycles. The summed E-state index contributed by atoms with van der Waals surface area (Å²) in [4.78, 5) is 0. The molecule has 5 rings (SSSR count). The number of rotatable bonds is 2. The zero-order chi connectivity index (χ0) is 12.9. The first-order valence-electron chi connectivity index (χ1n) is 8.56. The Bertz CT molecular complexity index is 306. The van der Waals surface area contributed by atoms with Crippen LogP contribution >= 0.6 is 0 Å². The lowest BCUT2D eigenvalue weighted by atomic mass is 9.47. The minimum atomic E-state index is 0.488. The Morgan fingerprint density at radius 1 is 0.842 bits per heavy atom. The number of hydrogen-bond donors (Lipinski definition) is 2. The third-order valence-corrected chi connectivity index (χ3v) is 6.55. The fourth-order valence-corrected chi connectivity index (χ4v) is 6.56. The molecular formula is C17H30N2. The van der Waals surface area contributed by atoms with E-state index in [1.165, 1.54) is 19.5 Å². The molecule has 1 saturated heterocycles. The van der Waals surface area contributed by atoms with E-state index in [1.807, 2.05) is 0 Å². The van der Waals surface area contributed by atoms with Crippen molar-refractivity contribution in [2.45, 2.75) is 51.9 Å². The van der Waals surface area contributed by atoms with Gasteiger partial charge in [-0.2, -0.15) is 0 Å². The average molecular weight is 262 g/mol.